The molecule has 0 bridgehead atoms. The molecule has 1 unspecified atom stereocenters. The van der Waals surface area contributed by atoms with Crippen molar-refractivity contribution in [2.24, 2.45) is 5.92 Å². The summed E-state index contributed by atoms with van der Waals surface area (Å²) in [5, 5.41) is 0. The molecule has 0 radical (unpaired) electrons. The third-order valence-electron chi connectivity index (χ3n) is 6.59. The average Bonchev–Trinajstić information content (AvgIpc) is 3.10. The second kappa shape index (κ2) is 8.34. The Morgan fingerprint density at radius 3 is 2.81 bits per heavy atom. The lowest BCUT2D eigenvalue weighted by Gasteiger charge is -2.40. The van der Waals surface area contributed by atoms with Gasteiger partial charge in [-0.15, -0.1) is 0 Å². The maximum atomic E-state index is 6.39. The van der Waals surface area contributed by atoms with Crippen molar-refractivity contribution in [3.05, 3.63) is 30.1 Å². The Kier molecular flexibility index (Phi) is 5.89. The van der Waals surface area contributed by atoms with Crippen molar-refractivity contribution in [1.29, 1.82) is 0 Å². The maximum Gasteiger partial charge on any atom is 0.0723 e. The van der Waals surface area contributed by atoms with Gasteiger partial charge < -0.3 is 14.4 Å². The van der Waals surface area contributed by atoms with Gasteiger partial charge in [0.25, 0.3) is 0 Å². The number of aromatic nitrogens is 1. The Bertz CT molecular complexity index is 554. The number of likely N-dealkylation sites (tertiary alicyclic amines) is 1. The monoisotopic (exact) mass is 359 g/mol. The van der Waals surface area contributed by atoms with Crippen LogP contribution in [0.2, 0.25) is 0 Å². The molecule has 0 saturated carbocycles. The Hall–Kier alpha value is -1.01. The molecule has 3 aliphatic heterocycles. The summed E-state index contributed by atoms with van der Waals surface area (Å²) in [6.07, 6.45) is 9.83. The molecule has 0 aromatic carbocycles. The topological polar surface area (TPSA) is 37.8 Å². The Morgan fingerprint density at radius 1 is 1.27 bits per heavy atom. The van der Waals surface area contributed by atoms with Gasteiger partial charge in [-0.3, -0.25) is 9.88 Å². The first-order chi connectivity index (χ1) is 12.7. The van der Waals surface area contributed by atoms with E-state index in [-0.39, 0.29) is 5.60 Å². The van der Waals surface area contributed by atoms with E-state index in [2.05, 4.69) is 27.9 Å². The van der Waals surface area contributed by atoms with Crippen LogP contribution in [0, 0.1) is 5.92 Å². The fourth-order valence-electron chi connectivity index (χ4n) is 4.80. The minimum absolute atomic E-state index is 0.125. The molecule has 0 N–H and O–H groups in total. The van der Waals surface area contributed by atoms with Crippen molar-refractivity contribution < 1.29 is 9.47 Å². The summed E-state index contributed by atoms with van der Waals surface area (Å²) in [5.41, 5.74) is 1.40. The molecule has 1 aromatic heterocycles. The Morgan fingerprint density at radius 2 is 2.08 bits per heavy atom. The minimum Gasteiger partial charge on any atom is -0.381 e. The molecule has 1 aromatic rings. The minimum atomic E-state index is 0.125. The van der Waals surface area contributed by atoms with Crippen molar-refractivity contribution >= 4 is 0 Å². The molecular formula is C21H33N3O2. The molecule has 0 amide bonds. The van der Waals surface area contributed by atoms with Crippen LogP contribution in [0.1, 0.15) is 37.7 Å². The van der Waals surface area contributed by atoms with Crippen LogP contribution in [0.4, 0.5) is 0 Å². The highest BCUT2D eigenvalue weighted by Crippen LogP contribution is 2.38. The fourth-order valence-corrected chi connectivity index (χ4v) is 4.80. The number of pyridine rings is 1. The zero-order valence-electron chi connectivity index (χ0n) is 16.1. The highest BCUT2D eigenvalue weighted by atomic mass is 16.5. The largest absolute Gasteiger partial charge is 0.381 e. The Balaban J connectivity index is 1.24. The lowest BCUT2D eigenvalue weighted by molar-refractivity contribution is -0.0490. The molecule has 3 saturated heterocycles. The van der Waals surface area contributed by atoms with Gasteiger partial charge in [0.15, 0.2) is 0 Å². The van der Waals surface area contributed by atoms with Crippen molar-refractivity contribution in [2.45, 2.75) is 50.3 Å². The zero-order valence-corrected chi connectivity index (χ0v) is 16.1. The van der Waals surface area contributed by atoms with Gasteiger partial charge in [-0.25, -0.2) is 0 Å². The van der Waals surface area contributed by atoms with E-state index in [1.807, 2.05) is 18.5 Å². The van der Waals surface area contributed by atoms with Crippen LogP contribution in [0.15, 0.2) is 24.5 Å². The standard InChI is InChI=1S/C21H33N3O2/c1-23(15-19-3-2-8-22-14-19)20-13-21(26-17-20)6-9-24(10-7-21)16-18-4-11-25-12-5-18/h2-3,8,14,18,20H,4-7,9-13,15-17H2,1H3. The number of ether oxygens (including phenoxy) is 2. The molecule has 5 nitrogen and oxygen atoms in total. The molecule has 3 aliphatic rings. The maximum absolute atomic E-state index is 6.39. The van der Waals surface area contributed by atoms with Crippen LogP contribution in [-0.2, 0) is 16.0 Å². The molecule has 1 atom stereocenters. The van der Waals surface area contributed by atoms with Gasteiger partial charge in [0.1, 0.15) is 0 Å². The summed E-state index contributed by atoms with van der Waals surface area (Å²) in [5.74, 6) is 0.834. The van der Waals surface area contributed by atoms with Crippen molar-refractivity contribution in [3.63, 3.8) is 0 Å². The summed E-state index contributed by atoms with van der Waals surface area (Å²) < 4.78 is 11.9. The lowest BCUT2D eigenvalue weighted by Crippen LogP contribution is -2.46. The van der Waals surface area contributed by atoms with Gasteiger partial charge >= 0.3 is 0 Å². The highest BCUT2D eigenvalue weighted by Gasteiger charge is 2.43. The van der Waals surface area contributed by atoms with E-state index in [4.69, 9.17) is 9.47 Å². The zero-order chi connectivity index (χ0) is 17.8. The number of piperidine rings is 1. The van der Waals surface area contributed by atoms with E-state index in [0.29, 0.717) is 6.04 Å². The van der Waals surface area contributed by atoms with Gasteiger partial charge in [0.05, 0.1) is 12.2 Å². The third-order valence-corrected chi connectivity index (χ3v) is 6.59. The SMILES string of the molecule is CN(Cc1cccnc1)C1COC2(CCN(CC3CCOCC3)CC2)C1. The molecule has 144 valence electrons. The first-order valence-electron chi connectivity index (χ1n) is 10.3. The van der Waals surface area contributed by atoms with Crippen LogP contribution in [-0.4, -0.2) is 72.9 Å². The van der Waals surface area contributed by atoms with Gasteiger partial charge in [-0.1, -0.05) is 6.07 Å². The number of hydrogen-bond donors (Lipinski definition) is 0. The number of likely N-dealkylation sites (N-methyl/N-ethyl adjacent to an activating group) is 1. The molecular weight excluding hydrogens is 326 g/mol. The third kappa shape index (κ3) is 4.45. The smallest absolute Gasteiger partial charge is 0.0723 e. The van der Waals surface area contributed by atoms with Crippen LogP contribution in [0.3, 0.4) is 0 Å². The van der Waals surface area contributed by atoms with Crippen LogP contribution < -0.4 is 0 Å². The molecule has 26 heavy (non-hydrogen) atoms. The van der Waals surface area contributed by atoms with E-state index in [9.17, 15) is 0 Å². The summed E-state index contributed by atoms with van der Waals surface area (Å²) in [4.78, 5) is 9.34. The quantitative estimate of drug-likeness (QED) is 0.808. The number of hydrogen-bond acceptors (Lipinski definition) is 5. The molecule has 5 heteroatoms. The molecule has 0 aliphatic carbocycles. The first-order valence-corrected chi connectivity index (χ1v) is 10.3. The molecule has 1 spiro atoms. The number of nitrogens with zero attached hydrogens (tertiary/aromatic N) is 3. The predicted octanol–water partition coefficient (Wildman–Crippen LogP) is 2.56. The van der Waals surface area contributed by atoms with Gasteiger partial charge in [0.2, 0.25) is 0 Å². The lowest BCUT2D eigenvalue weighted by atomic mass is 9.86. The summed E-state index contributed by atoms with van der Waals surface area (Å²) in [6.45, 7) is 7.37. The van der Waals surface area contributed by atoms with Crippen molar-refractivity contribution in [2.75, 3.05) is 46.5 Å². The normalized spacial score (nSPS) is 27.4. The summed E-state index contributed by atoms with van der Waals surface area (Å²) in [7, 11) is 2.22. The van der Waals surface area contributed by atoms with E-state index in [1.54, 1.807) is 0 Å². The second-order valence-corrected chi connectivity index (χ2v) is 8.48. The summed E-state index contributed by atoms with van der Waals surface area (Å²) in [6, 6.07) is 4.70. The molecule has 4 rings (SSSR count). The van der Waals surface area contributed by atoms with E-state index >= 15 is 0 Å². The van der Waals surface area contributed by atoms with Crippen molar-refractivity contribution in [1.82, 2.24) is 14.8 Å². The second-order valence-electron chi connectivity index (χ2n) is 8.48. The molecule has 3 fully saturated rings. The Labute approximate surface area is 157 Å². The van der Waals surface area contributed by atoms with Gasteiger partial charge in [-0.2, -0.15) is 0 Å². The van der Waals surface area contributed by atoms with E-state index < -0.39 is 0 Å². The average molecular weight is 360 g/mol. The highest BCUT2D eigenvalue weighted by molar-refractivity contribution is 5.08. The van der Waals surface area contributed by atoms with Crippen LogP contribution >= 0.6 is 0 Å². The number of rotatable bonds is 5. The fraction of sp³-hybridized carbons (Fsp3) is 0.762. The molecule has 4 heterocycles. The summed E-state index contributed by atoms with van der Waals surface area (Å²) >= 11 is 0. The van der Waals surface area contributed by atoms with Crippen LogP contribution in [0.5, 0.6) is 0 Å². The van der Waals surface area contributed by atoms with E-state index in [1.165, 1.54) is 57.3 Å². The van der Waals surface area contributed by atoms with E-state index in [0.717, 1.165) is 32.3 Å². The predicted molar refractivity (Wildman–Crippen MR) is 102 cm³/mol. The van der Waals surface area contributed by atoms with Crippen molar-refractivity contribution in [3.8, 4) is 0 Å². The van der Waals surface area contributed by atoms with Gasteiger partial charge in [0, 0.05) is 57.8 Å². The first kappa shape index (κ1) is 18.4. The van der Waals surface area contributed by atoms with Gasteiger partial charge in [-0.05, 0) is 56.7 Å². The van der Waals surface area contributed by atoms with Crippen LogP contribution in [0.25, 0.3) is 0 Å².